The average molecular weight is 264 g/mol. The van der Waals surface area contributed by atoms with Crippen molar-refractivity contribution in [2.75, 3.05) is 27.7 Å². The minimum Gasteiger partial charge on any atom is -1.00 e. The zero-order chi connectivity index (χ0) is 12.4. The molecule has 0 spiro atoms. The van der Waals surface area contributed by atoms with E-state index in [1.807, 2.05) is 0 Å². The molecular weight excluding hydrogens is 230 g/mol. The van der Waals surface area contributed by atoms with Crippen LogP contribution in [0.4, 0.5) is 0 Å². The number of rotatable bonds is 10. The van der Waals surface area contributed by atoms with E-state index in [-0.39, 0.29) is 12.4 Å². The molecule has 0 fully saturated rings. The van der Waals surface area contributed by atoms with Gasteiger partial charge in [-0.15, -0.1) is 0 Å². The summed E-state index contributed by atoms with van der Waals surface area (Å²) in [5.41, 5.74) is 0. The molecule has 0 aromatic carbocycles. The number of unbranched alkanes of at least 4 members (excludes halogenated alkanes) is 6. The van der Waals surface area contributed by atoms with Gasteiger partial charge >= 0.3 is 0 Å². The summed E-state index contributed by atoms with van der Waals surface area (Å²) >= 11 is 0. The zero-order valence-electron chi connectivity index (χ0n) is 12.8. The fourth-order valence-corrected chi connectivity index (χ4v) is 2.02. The lowest BCUT2D eigenvalue weighted by atomic mass is 10.0. The van der Waals surface area contributed by atoms with Gasteiger partial charge in [-0.05, 0) is 18.8 Å². The van der Waals surface area contributed by atoms with E-state index in [4.69, 9.17) is 0 Å². The van der Waals surface area contributed by atoms with Gasteiger partial charge in [0.15, 0.2) is 0 Å². The summed E-state index contributed by atoms with van der Waals surface area (Å²) in [5, 5.41) is 0. The highest BCUT2D eigenvalue weighted by Gasteiger charge is 2.04. The Hall–Kier alpha value is 0.250. The van der Waals surface area contributed by atoms with Crippen LogP contribution < -0.4 is 12.4 Å². The Morgan fingerprint density at radius 1 is 0.706 bits per heavy atom. The highest BCUT2D eigenvalue weighted by Crippen LogP contribution is 2.12. The normalized spacial score (nSPS) is 11.6. The molecule has 0 heterocycles. The van der Waals surface area contributed by atoms with Gasteiger partial charge in [0, 0.05) is 0 Å². The van der Waals surface area contributed by atoms with Crippen LogP contribution in [0.25, 0.3) is 0 Å². The Morgan fingerprint density at radius 3 is 1.53 bits per heavy atom. The Balaban J connectivity index is 0. The zero-order valence-corrected chi connectivity index (χ0v) is 13.5. The van der Waals surface area contributed by atoms with Crippen LogP contribution in [0, 0.1) is 5.92 Å². The van der Waals surface area contributed by atoms with Gasteiger partial charge in [-0.1, -0.05) is 52.4 Å². The first kappa shape index (κ1) is 19.6. The summed E-state index contributed by atoms with van der Waals surface area (Å²) in [6.07, 6.45) is 11.5. The SMILES string of the molecule is CC(C)CCCCCCCCC[N+](C)(C)C.[Cl-]. The highest BCUT2D eigenvalue weighted by molar-refractivity contribution is 4.49. The van der Waals surface area contributed by atoms with Crippen molar-refractivity contribution in [1.29, 1.82) is 0 Å². The fourth-order valence-electron chi connectivity index (χ4n) is 2.02. The molecule has 0 aliphatic heterocycles. The van der Waals surface area contributed by atoms with Crippen LogP contribution in [0.2, 0.25) is 0 Å². The van der Waals surface area contributed by atoms with Crippen LogP contribution >= 0.6 is 0 Å². The van der Waals surface area contributed by atoms with Crippen LogP contribution in [0.5, 0.6) is 0 Å². The second-order valence-electron chi connectivity index (χ2n) is 6.67. The van der Waals surface area contributed by atoms with Gasteiger partial charge in [0.1, 0.15) is 0 Å². The minimum atomic E-state index is 0. The van der Waals surface area contributed by atoms with E-state index in [9.17, 15) is 0 Å². The Morgan fingerprint density at radius 2 is 1.12 bits per heavy atom. The highest BCUT2D eigenvalue weighted by atomic mass is 35.5. The first-order chi connectivity index (χ1) is 7.42. The standard InChI is InChI=1S/C15H34N.ClH/c1-15(2)13-11-9-7-6-8-10-12-14-16(3,4)5;/h15H,6-14H2,1-5H3;1H/q+1;/p-1. The molecule has 0 rings (SSSR count). The molecule has 17 heavy (non-hydrogen) atoms. The molecule has 2 heteroatoms. The molecule has 0 saturated heterocycles. The smallest absolute Gasteiger partial charge is 0.0780 e. The van der Waals surface area contributed by atoms with Gasteiger partial charge in [0.05, 0.1) is 27.7 Å². The molecule has 0 aliphatic carbocycles. The molecule has 0 bridgehead atoms. The van der Waals surface area contributed by atoms with Gasteiger partial charge in [-0.3, -0.25) is 0 Å². The maximum absolute atomic E-state index is 2.32. The van der Waals surface area contributed by atoms with E-state index >= 15 is 0 Å². The lowest BCUT2D eigenvalue weighted by molar-refractivity contribution is -0.870. The van der Waals surface area contributed by atoms with Crippen LogP contribution in [-0.4, -0.2) is 32.2 Å². The van der Waals surface area contributed by atoms with E-state index in [0.29, 0.717) is 0 Å². The number of hydrogen-bond acceptors (Lipinski definition) is 0. The maximum Gasteiger partial charge on any atom is 0.0780 e. The molecule has 0 amide bonds. The third-order valence-corrected chi connectivity index (χ3v) is 3.11. The summed E-state index contributed by atoms with van der Waals surface area (Å²) in [6.45, 7) is 5.98. The number of quaternary nitrogens is 1. The monoisotopic (exact) mass is 263 g/mol. The van der Waals surface area contributed by atoms with Crippen LogP contribution in [0.3, 0.4) is 0 Å². The fraction of sp³-hybridized carbons (Fsp3) is 1.00. The molecule has 0 aliphatic rings. The topological polar surface area (TPSA) is 0 Å². The quantitative estimate of drug-likeness (QED) is 0.414. The van der Waals surface area contributed by atoms with Crippen molar-refractivity contribution in [3.8, 4) is 0 Å². The predicted octanol–water partition coefficient (Wildman–Crippen LogP) is 1.47. The summed E-state index contributed by atoms with van der Waals surface area (Å²) in [6, 6.07) is 0. The first-order valence-electron chi connectivity index (χ1n) is 7.22. The number of nitrogens with zero attached hydrogens (tertiary/aromatic N) is 1. The molecule has 0 radical (unpaired) electrons. The van der Waals surface area contributed by atoms with Crippen molar-refractivity contribution < 1.29 is 16.9 Å². The van der Waals surface area contributed by atoms with Crippen molar-refractivity contribution in [3.05, 3.63) is 0 Å². The lowest BCUT2D eigenvalue weighted by Gasteiger charge is -2.23. The molecule has 0 N–H and O–H groups in total. The second kappa shape index (κ2) is 11.3. The molecule has 0 saturated carbocycles. The third-order valence-electron chi connectivity index (χ3n) is 3.11. The van der Waals surface area contributed by atoms with E-state index in [2.05, 4.69) is 35.0 Å². The minimum absolute atomic E-state index is 0. The van der Waals surface area contributed by atoms with Crippen LogP contribution in [-0.2, 0) is 0 Å². The molecule has 0 unspecified atom stereocenters. The van der Waals surface area contributed by atoms with Crippen molar-refractivity contribution in [3.63, 3.8) is 0 Å². The lowest BCUT2D eigenvalue weighted by Crippen LogP contribution is -3.00. The Bertz CT molecular complexity index is 149. The molecular formula is C15H34ClN. The average Bonchev–Trinajstić information content (AvgIpc) is 2.13. The number of halogens is 1. The maximum atomic E-state index is 2.32. The molecule has 1 nitrogen and oxygen atoms in total. The second-order valence-corrected chi connectivity index (χ2v) is 6.67. The van der Waals surface area contributed by atoms with E-state index in [1.54, 1.807) is 0 Å². The van der Waals surface area contributed by atoms with E-state index in [0.717, 1.165) is 10.4 Å². The van der Waals surface area contributed by atoms with Crippen molar-refractivity contribution in [2.24, 2.45) is 5.92 Å². The molecule has 0 aromatic heterocycles. The molecule has 106 valence electrons. The van der Waals surface area contributed by atoms with Gasteiger partial charge in [0.25, 0.3) is 0 Å². The molecule has 0 aromatic rings. The van der Waals surface area contributed by atoms with Crippen molar-refractivity contribution in [1.82, 2.24) is 0 Å². The van der Waals surface area contributed by atoms with E-state index in [1.165, 1.54) is 57.9 Å². The van der Waals surface area contributed by atoms with E-state index < -0.39 is 0 Å². The summed E-state index contributed by atoms with van der Waals surface area (Å²) in [4.78, 5) is 0. The van der Waals surface area contributed by atoms with Gasteiger partial charge < -0.3 is 16.9 Å². The van der Waals surface area contributed by atoms with Gasteiger partial charge in [-0.25, -0.2) is 0 Å². The first-order valence-corrected chi connectivity index (χ1v) is 7.22. The molecule has 0 atom stereocenters. The van der Waals surface area contributed by atoms with Gasteiger partial charge in [0.2, 0.25) is 0 Å². The van der Waals surface area contributed by atoms with Gasteiger partial charge in [-0.2, -0.15) is 0 Å². The Kier molecular flexibility index (Phi) is 13.1. The Labute approximate surface area is 116 Å². The largest absolute Gasteiger partial charge is 1.00 e. The van der Waals surface area contributed by atoms with Crippen molar-refractivity contribution >= 4 is 0 Å². The predicted molar refractivity (Wildman–Crippen MR) is 74.7 cm³/mol. The third kappa shape index (κ3) is 18.8. The van der Waals surface area contributed by atoms with Crippen molar-refractivity contribution in [2.45, 2.75) is 65.2 Å². The summed E-state index contributed by atoms with van der Waals surface area (Å²) in [5.74, 6) is 0.893. The van der Waals surface area contributed by atoms with Crippen LogP contribution in [0.1, 0.15) is 65.2 Å². The summed E-state index contributed by atoms with van der Waals surface area (Å²) < 4.78 is 1.12. The summed E-state index contributed by atoms with van der Waals surface area (Å²) in [7, 11) is 6.85. The van der Waals surface area contributed by atoms with Crippen LogP contribution in [0.15, 0.2) is 0 Å². The number of hydrogen-bond donors (Lipinski definition) is 0.